The standard InChI is InChI=1S/C15H23N3O6/c1-14(2,3)23-12(21)17-10(11(19)20)9-7-18(8-16-9)13(22)24-15(4,5)6/h7-8,10H,1-6H3,(H,17,21)(H,19,20). The number of alkyl carbamates (subject to hydrolysis) is 1. The number of ether oxygens (including phenoxy) is 2. The Morgan fingerprint density at radius 1 is 1.12 bits per heavy atom. The van der Waals surface area contributed by atoms with E-state index in [0.717, 1.165) is 10.9 Å². The van der Waals surface area contributed by atoms with Gasteiger partial charge in [0.1, 0.15) is 17.5 Å². The zero-order chi connectivity index (χ0) is 18.7. The molecule has 1 rings (SSSR count). The SMILES string of the molecule is CC(C)(C)OC(=O)NC(C(=O)O)c1cn(C(=O)OC(C)(C)C)cn1. The molecule has 0 aliphatic carbocycles. The van der Waals surface area contributed by atoms with Gasteiger partial charge >= 0.3 is 18.2 Å². The van der Waals surface area contributed by atoms with Crippen molar-refractivity contribution in [2.45, 2.75) is 58.8 Å². The van der Waals surface area contributed by atoms with E-state index in [-0.39, 0.29) is 5.69 Å². The fourth-order valence-corrected chi connectivity index (χ4v) is 1.59. The Morgan fingerprint density at radius 2 is 1.67 bits per heavy atom. The summed E-state index contributed by atoms with van der Waals surface area (Å²) < 4.78 is 11.2. The van der Waals surface area contributed by atoms with Crippen molar-refractivity contribution in [1.29, 1.82) is 0 Å². The van der Waals surface area contributed by atoms with E-state index in [1.165, 1.54) is 6.20 Å². The molecule has 1 amide bonds. The molecule has 134 valence electrons. The predicted octanol–water partition coefficient (Wildman–Crippen LogP) is 2.32. The van der Waals surface area contributed by atoms with Crippen molar-refractivity contribution in [3.8, 4) is 0 Å². The van der Waals surface area contributed by atoms with Crippen LogP contribution in [-0.4, -0.2) is 44.0 Å². The second-order valence-corrected chi connectivity index (χ2v) is 7.10. The van der Waals surface area contributed by atoms with Crippen LogP contribution < -0.4 is 5.32 Å². The van der Waals surface area contributed by atoms with Crippen LogP contribution in [0.3, 0.4) is 0 Å². The summed E-state index contributed by atoms with van der Waals surface area (Å²) in [7, 11) is 0. The molecule has 0 aliphatic rings. The number of nitrogens with one attached hydrogen (secondary N) is 1. The third-order valence-electron chi connectivity index (χ3n) is 2.41. The van der Waals surface area contributed by atoms with E-state index in [0.29, 0.717) is 0 Å². The monoisotopic (exact) mass is 341 g/mol. The Kier molecular flexibility index (Phi) is 5.59. The van der Waals surface area contributed by atoms with Crippen LogP contribution in [0.1, 0.15) is 53.3 Å². The van der Waals surface area contributed by atoms with Gasteiger partial charge in [0, 0.05) is 6.20 Å². The van der Waals surface area contributed by atoms with Crippen LogP contribution in [0.25, 0.3) is 0 Å². The molecule has 1 atom stereocenters. The van der Waals surface area contributed by atoms with Crippen LogP contribution in [0.2, 0.25) is 0 Å². The highest BCUT2D eigenvalue weighted by molar-refractivity contribution is 5.81. The van der Waals surface area contributed by atoms with Crippen LogP contribution in [0.4, 0.5) is 9.59 Å². The maximum absolute atomic E-state index is 11.9. The first-order valence-corrected chi connectivity index (χ1v) is 7.28. The van der Waals surface area contributed by atoms with Crippen molar-refractivity contribution in [1.82, 2.24) is 14.9 Å². The average Bonchev–Trinajstić information content (AvgIpc) is 2.80. The van der Waals surface area contributed by atoms with Gasteiger partial charge in [-0.1, -0.05) is 0 Å². The predicted molar refractivity (Wildman–Crippen MR) is 83.6 cm³/mol. The van der Waals surface area contributed by atoms with Gasteiger partial charge in [0.2, 0.25) is 0 Å². The molecule has 0 saturated heterocycles. The quantitative estimate of drug-likeness (QED) is 0.865. The van der Waals surface area contributed by atoms with Crippen LogP contribution in [0, 0.1) is 0 Å². The molecule has 24 heavy (non-hydrogen) atoms. The molecular weight excluding hydrogens is 318 g/mol. The highest BCUT2D eigenvalue weighted by Crippen LogP contribution is 2.15. The van der Waals surface area contributed by atoms with Crippen molar-refractivity contribution in [3.63, 3.8) is 0 Å². The van der Waals surface area contributed by atoms with Crippen LogP contribution in [0.15, 0.2) is 12.5 Å². The van der Waals surface area contributed by atoms with E-state index in [1.54, 1.807) is 41.5 Å². The number of carbonyl (C=O) groups excluding carboxylic acids is 2. The topological polar surface area (TPSA) is 120 Å². The van der Waals surface area contributed by atoms with Crippen molar-refractivity contribution < 1.29 is 29.0 Å². The largest absolute Gasteiger partial charge is 0.479 e. The minimum atomic E-state index is -1.46. The molecule has 9 nitrogen and oxygen atoms in total. The zero-order valence-electron chi connectivity index (χ0n) is 14.6. The lowest BCUT2D eigenvalue weighted by Gasteiger charge is -2.21. The van der Waals surface area contributed by atoms with E-state index in [1.807, 2.05) is 0 Å². The number of aromatic nitrogens is 2. The fourth-order valence-electron chi connectivity index (χ4n) is 1.59. The Balaban J connectivity index is 2.90. The first kappa shape index (κ1) is 19.5. The molecule has 0 aliphatic heterocycles. The number of hydrogen-bond donors (Lipinski definition) is 2. The summed E-state index contributed by atoms with van der Waals surface area (Å²) in [6.45, 7) is 10.1. The third-order valence-corrected chi connectivity index (χ3v) is 2.41. The van der Waals surface area contributed by atoms with Gasteiger partial charge in [-0.25, -0.2) is 23.9 Å². The number of carbonyl (C=O) groups is 3. The Labute approximate surface area is 140 Å². The van der Waals surface area contributed by atoms with Gasteiger partial charge in [0.25, 0.3) is 0 Å². The van der Waals surface area contributed by atoms with Gasteiger partial charge < -0.3 is 19.9 Å². The highest BCUT2D eigenvalue weighted by atomic mass is 16.6. The maximum atomic E-state index is 11.9. The minimum Gasteiger partial charge on any atom is -0.479 e. The summed E-state index contributed by atoms with van der Waals surface area (Å²) in [5, 5.41) is 11.5. The zero-order valence-corrected chi connectivity index (χ0v) is 14.6. The van der Waals surface area contributed by atoms with E-state index < -0.39 is 35.4 Å². The van der Waals surface area contributed by atoms with Gasteiger partial charge in [-0.15, -0.1) is 0 Å². The number of carboxylic acids is 1. The van der Waals surface area contributed by atoms with Crippen molar-refractivity contribution >= 4 is 18.2 Å². The summed E-state index contributed by atoms with van der Waals surface area (Å²) in [6.07, 6.45) is 0.699. The summed E-state index contributed by atoms with van der Waals surface area (Å²) in [4.78, 5) is 38.9. The molecule has 0 radical (unpaired) electrons. The summed E-state index contributed by atoms with van der Waals surface area (Å²) in [5.74, 6) is -1.34. The lowest BCUT2D eigenvalue weighted by Crippen LogP contribution is -2.38. The van der Waals surface area contributed by atoms with Gasteiger partial charge in [-0.3, -0.25) is 0 Å². The number of imidazole rings is 1. The number of hydrogen-bond acceptors (Lipinski definition) is 6. The fraction of sp³-hybridized carbons (Fsp3) is 0.600. The van der Waals surface area contributed by atoms with E-state index in [4.69, 9.17) is 9.47 Å². The number of aliphatic carboxylic acids is 1. The van der Waals surface area contributed by atoms with E-state index >= 15 is 0 Å². The molecule has 0 spiro atoms. The van der Waals surface area contributed by atoms with E-state index in [9.17, 15) is 19.5 Å². The van der Waals surface area contributed by atoms with Gasteiger partial charge in [-0.2, -0.15) is 0 Å². The minimum absolute atomic E-state index is 0.0285. The third kappa shape index (κ3) is 6.27. The molecule has 0 saturated carbocycles. The number of nitrogens with zero attached hydrogens (tertiary/aromatic N) is 2. The number of rotatable bonds is 3. The molecule has 0 bridgehead atoms. The van der Waals surface area contributed by atoms with Gasteiger partial charge in [0.05, 0.1) is 5.69 Å². The summed E-state index contributed by atoms with van der Waals surface area (Å²) in [6, 6.07) is -1.46. The smallest absolute Gasteiger partial charge is 0.419 e. The molecule has 0 aromatic carbocycles. The van der Waals surface area contributed by atoms with Gasteiger partial charge in [0.15, 0.2) is 6.04 Å². The average molecular weight is 341 g/mol. The van der Waals surface area contributed by atoms with Crippen LogP contribution in [0.5, 0.6) is 0 Å². The van der Waals surface area contributed by atoms with Crippen molar-refractivity contribution in [2.75, 3.05) is 0 Å². The lowest BCUT2D eigenvalue weighted by atomic mass is 10.2. The maximum Gasteiger partial charge on any atom is 0.419 e. The Bertz CT molecular complexity index is 624. The molecule has 2 N–H and O–H groups in total. The molecule has 1 unspecified atom stereocenters. The summed E-state index contributed by atoms with van der Waals surface area (Å²) in [5.41, 5.74) is -1.51. The number of carboxylic acid groups (broad SMARTS) is 1. The number of amides is 1. The van der Waals surface area contributed by atoms with Crippen LogP contribution >= 0.6 is 0 Å². The molecule has 0 fully saturated rings. The van der Waals surface area contributed by atoms with Crippen molar-refractivity contribution in [2.24, 2.45) is 0 Å². The van der Waals surface area contributed by atoms with E-state index in [2.05, 4.69) is 10.3 Å². The van der Waals surface area contributed by atoms with Crippen LogP contribution in [-0.2, 0) is 14.3 Å². The first-order valence-electron chi connectivity index (χ1n) is 7.28. The van der Waals surface area contributed by atoms with Crippen molar-refractivity contribution in [3.05, 3.63) is 18.2 Å². The molecular formula is C15H23N3O6. The molecule has 1 heterocycles. The molecule has 9 heteroatoms. The first-order chi connectivity index (χ1) is 10.8. The summed E-state index contributed by atoms with van der Waals surface area (Å²) >= 11 is 0. The second-order valence-electron chi connectivity index (χ2n) is 7.10. The Morgan fingerprint density at radius 3 is 2.12 bits per heavy atom. The normalized spacial score (nSPS) is 13.1. The second kappa shape index (κ2) is 6.90. The van der Waals surface area contributed by atoms with Gasteiger partial charge in [-0.05, 0) is 41.5 Å². The molecule has 1 aromatic heterocycles. The lowest BCUT2D eigenvalue weighted by molar-refractivity contribution is -0.139. The highest BCUT2D eigenvalue weighted by Gasteiger charge is 2.28. The Hall–Kier alpha value is -2.58. The molecule has 1 aromatic rings.